The molecular formula is C23H22Cl2N4O4. The topological polar surface area (TPSA) is 93.9 Å². The van der Waals surface area contributed by atoms with Crippen LogP contribution in [0.5, 0.6) is 11.5 Å². The maximum Gasteiger partial charge on any atom is 0.329 e. The summed E-state index contributed by atoms with van der Waals surface area (Å²) in [4.78, 5) is 24.5. The van der Waals surface area contributed by atoms with Crippen molar-refractivity contribution in [2.45, 2.75) is 13.8 Å². The third kappa shape index (κ3) is 5.30. The first-order valence-corrected chi connectivity index (χ1v) is 10.5. The largest absolute Gasteiger partial charge is 0.497 e. The van der Waals surface area contributed by atoms with Gasteiger partial charge in [0.1, 0.15) is 11.5 Å². The molecule has 1 heterocycles. The summed E-state index contributed by atoms with van der Waals surface area (Å²) >= 11 is 12.5. The lowest BCUT2D eigenvalue weighted by atomic mass is 10.2. The molecule has 8 nitrogen and oxygen atoms in total. The van der Waals surface area contributed by atoms with Crippen molar-refractivity contribution < 1.29 is 19.1 Å². The van der Waals surface area contributed by atoms with E-state index in [1.807, 2.05) is 36.6 Å². The molecule has 0 saturated carbocycles. The van der Waals surface area contributed by atoms with Crippen molar-refractivity contribution in [1.82, 2.24) is 9.99 Å². The van der Waals surface area contributed by atoms with Crippen LogP contribution in [0.2, 0.25) is 10.0 Å². The number of hydrogen-bond donors (Lipinski definition) is 2. The fraction of sp³-hybridized carbons (Fsp3) is 0.174. The molecule has 2 amide bonds. The van der Waals surface area contributed by atoms with E-state index in [-0.39, 0.29) is 0 Å². The van der Waals surface area contributed by atoms with Crippen molar-refractivity contribution in [2.75, 3.05) is 19.5 Å². The minimum absolute atomic E-state index is 0.294. The van der Waals surface area contributed by atoms with Gasteiger partial charge < -0.3 is 19.4 Å². The number of amides is 2. The molecule has 0 aliphatic heterocycles. The first-order valence-electron chi connectivity index (χ1n) is 9.76. The van der Waals surface area contributed by atoms with E-state index in [0.717, 1.165) is 22.6 Å². The van der Waals surface area contributed by atoms with Gasteiger partial charge in [0, 0.05) is 23.0 Å². The van der Waals surface area contributed by atoms with Crippen LogP contribution in [0.15, 0.2) is 47.6 Å². The third-order valence-corrected chi connectivity index (χ3v) is 5.68. The highest BCUT2D eigenvalue weighted by molar-refractivity contribution is 6.43. The van der Waals surface area contributed by atoms with Crippen molar-refractivity contribution in [1.29, 1.82) is 0 Å². The Morgan fingerprint density at radius 3 is 2.48 bits per heavy atom. The number of nitrogens with one attached hydrogen (secondary N) is 2. The summed E-state index contributed by atoms with van der Waals surface area (Å²) < 4.78 is 12.3. The van der Waals surface area contributed by atoms with E-state index in [1.54, 1.807) is 24.3 Å². The number of halogens is 2. The summed E-state index contributed by atoms with van der Waals surface area (Å²) in [6.07, 6.45) is 1.45. The molecular weight excluding hydrogens is 467 g/mol. The zero-order valence-corrected chi connectivity index (χ0v) is 19.9. The molecule has 3 aromatic rings. The van der Waals surface area contributed by atoms with Crippen LogP contribution in [0.3, 0.4) is 0 Å². The summed E-state index contributed by atoms with van der Waals surface area (Å²) in [5.41, 5.74) is 5.71. The molecule has 0 atom stereocenters. The zero-order valence-electron chi connectivity index (χ0n) is 18.4. The number of carbonyl (C=O) groups excluding carboxylic acids is 2. The molecule has 2 N–H and O–H groups in total. The van der Waals surface area contributed by atoms with E-state index in [4.69, 9.17) is 32.7 Å². The van der Waals surface area contributed by atoms with Gasteiger partial charge in [-0.15, -0.1) is 0 Å². The van der Waals surface area contributed by atoms with Gasteiger partial charge in [-0.1, -0.05) is 29.3 Å². The Labute approximate surface area is 201 Å². The fourth-order valence-electron chi connectivity index (χ4n) is 3.26. The number of anilines is 1. The number of methoxy groups -OCH3 is 2. The Kier molecular flexibility index (Phi) is 7.63. The highest BCUT2D eigenvalue weighted by atomic mass is 35.5. The van der Waals surface area contributed by atoms with Crippen molar-refractivity contribution in [3.63, 3.8) is 0 Å². The van der Waals surface area contributed by atoms with Gasteiger partial charge in [0.15, 0.2) is 0 Å². The third-order valence-electron chi connectivity index (χ3n) is 4.87. The van der Waals surface area contributed by atoms with Gasteiger partial charge in [0.05, 0.1) is 41.9 Å². The monoisotopic (exact) mass is 488 g/mol. The van der Waals surface area contributed by atoms with Crippen LogP contribution in [-0.4, -0.2) is 36.8 Å². The molecule has 0 saturated heterocycles. The van der Waals surface area contributed by atoms with Gasteiger partial charge in [0.2, 0.25) is 0 Å². The Bertz CT molecular complexity index is 1240. The molecule has 0 bridgehead atoms. The average Bonchev–Trinajstić information content (AvgIpc) is 3.08. The minimum atomic E-state index is -0.942. The first kappa shape index (κ1) is 24.2. The summed E-state index contributed by atoms with van der Waals surface area (Å²) in [6.45, 7) is 3.80. The van der Waals surface area contributed by atoms with Crippen LogP contribution in [-0.2, 0) is 9.59 Å². The maximum atomic E-state index is 12.3. The summed E-state index contributed by atoms with van der Waals surface area (Å²) in [5.74, 6) is -0.968. The second-order valence-corrected chi connectivity index (χ2v) is 7.74. The van der Waals surface area contributed by atoms with E-state index in [1.165, 1.54) is 20.4 Å². The number of carbonyl (C=O) groups is 2. The summed E-state index contributed by atoms with van der Waals surface area (Å²) in [5, 5.41) is 7.28. The molecule has 1 aromatic heterocycles. The van der Waals surface area contributed by atoms with Crippen molar-refractivity contribution in [3.8, 4) is 17.2 Å². The summed E-state index contributed by atoms with van der Waals surface area (Å²) in [7, 11) is 2.95. The fourth-order valence-corrected chi connectivity index (χ4v) is 3.64. The van der Waals surface area contributed by atoms with Gasteiger partial charge in [0.25, 0.3) is 0 Å². The Morgan fingerprint density at radius 2 is 1.79 bits per heavy atom. The standard InChI is InChI=1S/C23H22Cl2N4O4/c1-13-10-15(14(2)29(13)19-7-5-6-17(24)21(19)25)12-26-28-23(31)22(30)27-18-11-16(32-3)8-9-20(18)33-4/h5-12H,1-4H3,(H,27,30)(H,28,31)/b26-12-. The van der Waals surface area contributed by atoms with Crippen LogP contribution in [0, 0.1) is 13.8 Å². The quantitative estimate of drug-likeness (QED) is 0.303. The molecule has 0 radical (unpaired) electrons. The van der Waals surface area contributed by atoms with Crippen LogP contribution >= 0.6 is 23.2 Å². The molecule has 0 aliphatic rings. The second kappa shape index (κ2) is 10.4. The van der Waals surface area contributed by atoms with E-state index >= 15 is 0 Å². The number of benzene rings is 2. The minimum Gasteiger partial charge on any atom is -0.497 e. The lowest BCUT2D eigenvalue weighted by molar-refractivity contribution is -0.136. The van der Waals surface area contributed by atoms with Gasteiger partial charge in [-0.3, -0.25) is 9.59 Å². The van der Waals surface area contributed by atoms with Crippen LogP contribution < -0.4 is 20.2 Å². The smallest absolute Gasteiger partial charge is 0.329 e. The van der Waals surface area contributed by atoms with Gasteiger partial charge >= 0.3 is 11.8 Å². The Balaban J connectivity index is 1.72. The summed E-state index contributed by atoms with van der Waals surface area (Å²) in [6, 6.07) is 12.1. The Morgan fingerprint density at radius 1 is 1.03 bits per heavy atom. The molecule has 0 fully saturated rings. The molecule has 0 aliphatic carbocycles. The highest BCUT2D eigenvalue weighted by Gasteiger charge is 2.17. The lowest BCUT2D eigenvalue weighted by Gasteiger charge is -2.12. The predicted octanol–water partition coefficient (Wildman–Crippen LogP) is 4.51. The SMILES string of the molecule is COc1ccc(OC)c(NC(=O)C(=O)N/N=C\c2cc(C)n(-c3cccc(Cl)c3Cl)c2C)c1. The molecule has 2 aromatic carbocycles. The van der Waals surface area contributed by atoms with Crippen molar-refractivity contribution in [2.24, 2.45) is 5.10 Å². The van der Waals surface area contributed by atoms with Crippen LogP contribution in [0.1, 0.15) is 17.0 Å². The predicted molar refractivity (Wildman–Crippen MR) is 129 cm³/mol. The number of aryl methyl sites for hydroxylation is 1. The number of hydrazone groups is 1. The van der Waals surface area contributed by atoms with Crippen molar-refractivity contribution in [3.05, 3.63) is 69.5 Å². The first-order chi connectivity index (χ1) is 15.8. The van der Waals surface area contributed by atoms with Crippen molar-refractivity contribution >= 4 is 46.9 Å². The maximum absolute atomic E-state index is 12.3. The second-order valence-electron chi connectivity index (χ2n) is 6.95. The normalized spacial score (nSPS) is 10.8. The van der Waals surface area contributed by atoms with E-state index in [0.29, 0.717) is 27.2 Å². The van der Waals surface area contributed by atoms with E-state index < -0.39 is 11.8 Å². The number of rotatable bonds is 6. The highest BCUT2D eigenvalue weighted by Crippen LogP contribution is 2.31. The number of ether oxygens (including phenoxy) is 2. The van der Waals surface area contributed by atoms with Gasteiger partial charge in [-0.05, 0) is 44.2 Å². The lowest BCUT2D eigenvalue weighted by Crippen LogP contribution is -2.32. The Hall–Kier alpha value is -3.49. The number of aromatic nitrogens is 1. The van der Waals surface area contributed by atoms with Crippen LogP contribution in [0.4, 0.5) is 5.69 Å². The van der Waals surface area contributed by atoms with Crippen LogP contribution in [0.25, 0.3) is 5.69 Å². The molecule has 10 heteroatoms. The van der Waals surface area contributed by atoms with Gasteiger partial charge in [-0.2, -0.15) is 5.10 Å². The molecule has 3 rings (SSSR count). The molecule has 33 heavy (non-hydrogen) atoms. The molecule has 0 unspecified atom stereocenters. The molecule has 0 spiro atoms. The number of hydrogen-bond acceptors (Lipinski definition) is 5. The zero-order chi connectivity index (χ0) is 24.1. The van der Waals surface area contributed by atoms with E-state index in [2.05, 4.69) is 15.8 Å². The van der Waals surface area contributed by atoms with Gasteiger partial charge in [-0.25, -0.2) is 5.43 Å². The molecule has 172 valence electrons. The van der Waals surface area contributed by atoms with E-state index in [9.17, 15) is 9.59 Å². The number of nitrogens with zero attached hydrogens (tertiary/aromatic N) is 2. The average molecular weight is 489 g/mol.